The fraction of sp³-hybridized carbons (Fsp3) is 0.0952. The fourth-order valence-electron chi connectivity index (χ4n) is 2.62. The van der Waals surface area contributed by atoms with Crippen molar-refractivity contribution in [3.63, 3.8) is 0 Å². The second kappa shape index (κ2) is 7.53. The van der Waals surface area contributed by atoms with Crippen LogP contribution in [0.2, 0.25) is 0 Å². The Bertz CT molecular complexity index is 1120. The molecular weight excluding hydrogens is 367 g/mol. The first-order chi connectivity index (χ1) is 13.3. The van der Waals surface area contributed by atoms with Gasteiger partial charge in [-0.2, -0.15) is 18.3 Å². The molecule has 0 aliphatic heterocycles. The Morgan fingerprint density at radius 3 is 2.29 bits per heavy atom. The van der Waals surface area contributed by atoms with Gasteiger partial charge in [0.05, 0.1) is 24.0 Å². The molecule has 0 atom stereocenters. The SMILES string of the molecule is [C-]#[N+]c1c(C(F)(F)F)cc(-c2ccccc2)n(/N=C/c2ccc(C)cc2)c1=O. The van der Waals surface area contributed by atoms with Gasteiger partial charge in [0.25, 0.3) is 11.2 Å². The number of halogens is 3. The lowest BCUT2D eigenvalue weighted by Gasteiger charge is -2.14. The summed E-state index contributed by atoms with van der Waals surface area (Å²) in [7, 11) is 0. The van der Waals surface area contributed by atoms with E-state index in [0.29, 0.717) is 11.1 Å². The van der Waals surface area contributed by atoms with Crippen LogP contribution in [0, 0.1) is 13.5 Å². The molecule has 0 spiro atoms. The van der Waals surface area contributed by atoms with Crippen LogP contribution in [0.5, 0.6) is 0 Å². The van der Waals surface area contributed by atoms with Gasteiger partial charge >= 0.3 is 6.18 Å². The van der Waals surface area contributed by atoms with Crippen LogP contribution in [0.1, 0.15) is 16.7 Å². The first-order valence-corrected chi connectivity index (χ1v) is 8.22. The summed E-state index contributed by atoms with van der Waals surface area (Å²) in [5.41, 5.74) is -1.37. The van der Waals surface area contributed by atoms with E-state index in [-0.39, 0.29) is 5.69 Å². The van der Waals surface area contributed by atoms with Crippen molar-refractivity contribution in [2.45, 2.75) is 13.1 Å². The molecule has 3 aromatic rings. The van der Waals surface area contributed by atoms with E-state index in [4.69, 9.17) is 6.57 Å². The molecule has 1 aromatic heterocycles. The number of aryl methyl sites for hydroxylation is 1. The van der Waals surface area contributed by atoms with Gasteiger partial charge in [0.1, 0.15) is 0 Å². The largest absolute Gasteiger partial charge is 0.407 e. The number of nitrogens with zero attached hydrogens (tertiary/aromatic N) is 3. The zero-order chi connectivity index (χ0) is 20.3. The first kappa shape index (κ1) is 19.1. The van der Waals surface area contributed by atoms with Crippen LogP contribution >= 0.6 is 0 Å². The van der Waals surface area contributed by atoms with Gasteiger partial charge in [-0.3, -0.25) is 4.79 Å². The molecule has 0 fully saturated rings. The van der Waals surface area contributed by atoms with Crippen molar-refractivity contribution in [2.24, 2.45) is 5.10 Å². The summed E-state index contributed by atoms with van der Waals surface area (Å²) < 4.78 is 41.0. The van der Waals surface area contributed by atoms with Gasteiger partial charge in [-0.1, -0.05) is 60.2 Å². The van der Waals surface area contributed by atoms with Crippen molar-refractivity contribution < 1.29 is 13.2 Å². The Balaban J connectivity index is 2.26. The molecule has 0 aliphatic rings. The smallest absolute Gasteiger partial charge is 0.281 e. The van der Waals surface area contributed by atoms with E-state index in [2.05, 4.69) is 9.95 Å². The van der Waals surface area contributed by atoms with E-state index in [1.54, 1.807) is 42.5 Å². The first-order valence-electron chi connectivity index (χ1n) is 8.22. The number of rotatable bonds is 3. The molecule has 28 heavy (non-hydrogen) atoms. The Kier molecular flexibility index (Phi) is 5.14. The van der Waals surface area contributed by atoms with Crippen LogP contribution in [0.25, 0.3) is 16.1 Å². The van der Waals surface area contributed by atoms with Crippen LogP contribution in [0.4, 0.5) is 18.9 Å². The summed E-state index contributed by atoms with van der Waals surface area (Å²) in [6.45, 7) is 8.97. The van der Waals surface area contributed by atoms with Crippen molar-refractivity contribution in [3.05, 3.63) is 99.1 Å². The molecule has 0 unspecified atom stereocenters. The highest BCUT2D eigenvalue weighted by atomic mass is 19.4. The maximum atomic E-state index is 13.4. The van der Waals surface area contributed by atoms with Crippen molar-refractivity contribution in [2.75, 3.05) is 0 Å². The average molecular weight is 381 g/mol. The summed E-state index contributed by atoms with van der Waals surface area (Å²) in [6.07, 6.45) is -3.46. The van der Waals surface area contributed by atoms with Crippen molar-refractivity contribution in [1.29, 1.82) is 0 Å². The molecule has 0 radical (unpaired) electrons. The standard InChI is InChI=1S/C21H14F3N3O/c1-14-8-10-15(11-9-14)13-26-27-18(16-6-4-3-5-7-16)12-17(21(22,23)24)19(25-2)20(27)28/h3-13H,1H3/b26-13+. The monoisotopic (exact) mass is 381 g/mol. The Morgan fingerprint density at radius 2 is 1.71 bits per heavy atom. The number of benzene rings is 2. The second-order valence-electron chi connectivity index (χ2n) is 6.04. The third kappa shape index (κ3) is 3.86. The Morgan fingerprint density at radius 1 is 1.07 bits per heavy atom. The molecule has 0 bridgehead atoms. The third-order valence-electron chi connectivity index (χ3n) is 4.05. The van der Waals surface area contributed by atoms with E-state index in [1.165, 1.54) is 6.21 Å². The highest BCUT2D eigenvalue weighted by molar-refractivity contribution is 5.80. The lowest BCUT2D eigenvalue weighted by Crippen LogP contribution is -2.22. The Hall–Kier alpha value is -3.66. The number of alkyl halides is 3. The molecule has 2 aromatic carbocycles. The Labute approximate surface area is 159 Å². The van der Waals surface area contributed by atoms with Gasteiger partial charge in [-0.25, -0.2) is 9.52 Å². The number of aromatic nitrogens is 1. The van der Waals surface area contributed by atoms with Gasteiger partial charge in [0, 0.05) is 5.56 Å². The quantitative estimate of drug-likeness (QED) is 0.450. The summed E-state index contributed by atoms with van der Waals surface area (Å²) in [4.78, 5) is 15.5. The van der Waals surface area contributed by atoms with E-state index in [1.807, 2.05) is 19.1 Å². The maximum absolute atomic E-state index is 13.4. The van der Waals surface area contributed by atoms with Crippen molar-refractivity contribution in [3.8, 4) is 11.3 Å². The number of hydrogen-bond acceptors (Lipinski definition) is 2. The molecule has 0 N–H and O–H groups in total. The third-order valence-corrected chi connectivity index (χ3v) is 4.05. The summed E-state index contributed by atoms with van der Waals surface area (Å²) in [5, 5.41) is 4.08. The molecule has 140 valence electrons. The summed E-state index contributed by atoms with van der Waals surface area (Å²) in [6, 6.07) is 16.2. The predicted octanol–water partition coefficient (Wildman–Crippen LogP) is 5.28. The molecule has 0 saturated carbocycles. The minimum Gasteiger partial charge on any atom is -0.281 e. The van der Waals surface area contributed by atoms with Crippen LogP contribution in [0.3, 0.4) is 0 Å². The normalized spacial score (nSPS) is 11.5. The lowest BCUT2D eigenvalue weighted by molar-refractivity contribution is -0.136. The zero-order valence-electron chi connectivity index (χ0n) is 14.7. The highest BCUT2D eigenvalue weighted by Gasteiger charge is 2.36. The van der Waals surface area contributed by atoms with Crippen LogP contribution in [-0.2, 0) is 6.18 Å². The van der Waals surface area contributed by atoms with Gasteiger partial charge < -0.3 is 0 Å². The van der Waals surface area contributed by atoms with Crippen LogP contribution < -0.4 is 5.56 Å². The van der Waals surface area contributed by atoms with Crippen molar-refractivity contribution in [1.82, 2.24) is 4.68 Å². The molecule has 0 aliphatic carbocycles. The topological polar surface area (TPSA) is 38.7 Å². The minimum absolute atomic E-state index is 0.0475. The van der Waals surface area contributed by atoms with Crippen molar-refractivity contribution >= 4 is 11.9 Å². The average Bonchev–Trinajstić information content (AvgIpc) is 2.67. The molecule has 1 heterocycles. The minimum atomic E-state index is -4.83. The molecule has 7 heteroatoms. The van der Waals surface area contributed by atoms with E-state index < -0.39 is 23.0 Å². The molecule has 0 saturated heterocycles. The summed E-state index contributed by atoms with van der Waals surface area (Å²) in [5.74, 6) is 0. The molecule has 4 nitrogen and oxygen atoms in total. The molecule has 3 rings (SSSR count). The van der Waals surface area contributed by atoms with Crippen LogP contribution in [-0.4, -0.2) is 10.9 Å². The van der Waals surface area contributed by atoms with Crippen LogP contribution in [0.15, 0.2) is 70.6 Å². The number of pyridine rings is 1. The second-order valence-corrected chi connectivity index (χ2v) is 6.04. The zero-order valence-corrected chi connectivity index (χ0v) is 14.7. The maximum Gasteiger partial charge on any atom is 0.407 e. The highest BCUT2D eigenvalue weighted by Crippen LogP contribution is 2.36. The van der Waals surface area contributed by atoms with E-state index in [9.17, 15) is 18.0 Å². The lowest BCUT2D eigenvalue weighted by atomic mass is 10.1. The van der Waals surface area contributed by atoms with Gasteiger partial charge in [-0.05, 0) is 18.6 Å². The van der Waals surface area contributed by atoms with E-state index >= 15 is 0 Å². The predicted molar refractivity (Wildman–Crippen MR) is 102 cm³/mol. The summed E-state index contributed by atoms with van der Waals surface area (Å²) >= 11 is 0. The fourth-order valence-corrected chi connectivity index (χ4v) is 2.62. The molecule has 0 amide bonds. The molecular formula is C21H14F3N3O. The van der Waals surface area contributed by atoms with Gasteiger partial charge in [0.2, 0.25) is 0 Å². The van der Waals surface area contributed by atoms with E-state index in [0.717, 1.165) is 16.3 Å². The number of hydrogen-bond donors (Lipinski definition) is 0. The van der Waals surface area contributed by atoms with Gasteiger partial charge in [0.15, 0.2) is 0 Å². The van der Waals surface area contributed by atoms with Gasteiger partial charge in [-0.15, -0.1) is 0 Å².